The van der Waals surface area contributed by atoms with E-state index in [9.17, 15) is 0 Å². The van der Waals surface area contributed by atoms with E-state index in [0.29, 0.717) is 6.04 Å². The molecule has 1 N–H and O–H groups in total. The molecule has 1 aromatic heterocycles. The van der Waals surface area contributed by atoms with Gasteiger partial charge in [-0.2, -0.15) is 16.9 Å². The Kier molecular flexibility index (Phi) is 4.97. The lowest BCUT2D eigenvalue weighted by atomic mass is 10.4. The van der Waals surface area contributed by atoms with Crippen molar-refractivity contribution in [3.05, 3.63) is 12.2 Å². The molecule has 0 unspecified atom stereocenters. The van der Waals surface area contributed by atoms with Gasteiger partial charge in [-0.25, -0.2) is 9.67 Å². The number of hydrogen-bond donors (Lipinski definition) is 1. The molecule has 0 atom stereocenters. The Morgan fingerprint density at radius 3 is 3.00 bits per heavy atom. The Labute approximate surface area is 89.5 Å². The van der Waals surface area contributed by atoms with Gasteiger partial charge in [0.2, 0.25) is 0 Å². The van der Waals surface area contributed by atoms with Crippen molar-refractivity contribution in [3.8, 4) is 0 Å². The first-order valence-electron chi connectivity index (χ1n) is 4.83. The van der Waals surface area contributed by atoms with E-state index < -0.39 is 0 Å². The van der Waals surface area contributed by atoms with Gasteiger partial charge in [0.25, 0.3) is 0 Å². The summed E-state index contributed by atoms with van der Waals surface area (Å²) in [5.74, 6) is 2.10. The Balaban J connectivity index is 2.45. The van der Waals surface area contributed by atoms with Crippen molar-refractivity contribution >= 4 is 11.8 Å². The second kappa shape index (κ2) is 6.03. The summed E-state index contributed by atoms with van der Waals surface area (Å²) < 4.78 is 1.96. The van der Waals surface area contributed by atoms with Crippen molar-refractivity contribution in [1.29, 1.82) is 0 Å². The van der Waals surface area contributed by atoms with Crippen molar-refractivity contribution in [3.63, 3.8) is 0 Å². The third-order valence-electron chi connectivity index (χ3n) is 1.87. The van der Waals surface area contributed by atoms with E-state index >= 15 is 0 Å². The maximum atomic E-state index is 4.22. The molecule has 14 heavy (non-hydrogen) atoms. The predicted molar refractivity (Wildman–Crippen MR) is 60.4 cm³/mol. The Morgan fingerprint density at radius 1 is 1.57 bits per heavy atom. The number of aromatic nitrogens is 3. The van der Waals surface area contributed by atoms with Crippen molar-refractivity contribution < 1.29 is 0 Å². The third kappa shape index (κ3) is 3.67. The highest BCUT2D eigenvalue weighted by Crippen LogP contribution is 1.98. The molecule has 80 valence electrons. The van der Waals surface area contributed by atoms with E-state index in [1.165, 1.54) is 0 Å². The fraction of sp³-hybridized carbons (Fsp3) is 0.778. The number of nitrogens with one attached hydrogen (secondary N) is 1. The smallest absolute Gasteiger partial charge is 0.140 e. The lowest BCUT2D eigenvalue weighted by Crippen LogP contribution is -2.24. The van der Waals surface area contributed by atoms with Crippen LogP contribution in [-0.4, -0.2) is 32.8 Å². The van der Waals surface area contributed by atoms with Crippen LogP contribution in [0.15, 0.2) is 6.33 Å². The number of hydrogen-bond acceptors (Lipinski definition) is 4. The van der Waals surface area contributed by atoms with Crippen LogP contribution < -0.4 is 5.32 Å². The highest BCUT2D eigenvalue weighted by molar-refractivity contribution is 7.98. The zero-order chi connectivity index (χ0) is 10.4. The molecule has 0 fully saturated rings. The van der Waals surface area contributed by atoms with Crippen molar-refractivity contribution in [2.75, 3.05) is 12.0 Å². The van der Waals surface area contributed by atoms with Crippen LogP contribution in [0.4, 0.5) is 0 Å². The molecule has 1 aromatic rings. The van der Waals surface area contributed by atoms with Gasteiger partial charge < -0.3 is 5.32 Å². The van der Waals surface area contributed by atoms with Gasteiger partial charge in [0.1, 0.15) is 12.2 Å². The van der Waals surface area contributed by atoms with Crippen LogP contribution in [0.2, 0.25) is 0 Å². The molecule has 1 heterocycles. The molecule has 0 aliphatic heterocycles. The van der Waals surface area contributed by atoms with Crippen LogP contribution in [0, 0.1) is 0 Å². The number of aryl methyl sites for hydroxylation is 1. The van der Waals surface area contributed by atoms with Gasteiger partial charge in [-0.05, 0) is 6.26 Å². The second-order valence-electron chi connectivity index (χ2n) is 3.43. The quantitative estimate of drug-likeness (QED) is 0.771. The normalized spacial score (nSPS) is 11.1. The van der Waals surface area contributed by atoms with Crippen LogP contribution in [0.3, 0.4) is 0 Å². The van der Waals surface area contributed by atoms with Gasteiger partial charge in [0.05, 0.1) is 13.1 Å². The lowest BCUT2D eigenvalue weighted by Gasteiger charge is -2.08. The van der Waals surface area contributed by atoms with E-state index in [2.05, 4.69) is 35.5 Å². The minimum atomic E-state index is 0.487. The summed E-state index contributed by atoms with van der Waals surface area (Å²) in [7, 11) is 0. The average Bonchev–Trinajstić information content (AvgIpc) is 2.58. The van der Waals surface area contributed by atoms with Crippen LogP contribution in [0.1, 0.15) is 19.7 Å². The lowest BCUT2D eigenvalue weighted by molar-refractivity contribution is 0.534. The Morgan fingerprint density at radius 2 is 2.36 bits per heavy atom. The Hall–Kier alpha value is -0.550. The second-order valence-corrected chi connectivity index (χ2v) is 4.41. The minimum absolute atomic E-state index is 0.487. The van der Waals surface area contributed by atoms with Crippen LogP contribution >= 0.6 is 11.8 Å². The molecule has 4 nitrogen and oxygen atoms in total. The minimum Gasteiger partial charge on any atom is -0.308 e. The van der Waals surface area contributed by atoms with Crippen molar-refractivity contribution in [2.24, 2.45) is 0 Å². The summed E-state index contributed by atoms with van der Waals surface area (Å²) >= 11 is 1.82. The van der Waals surface area contributed by atoms with Crippen LogP contribution in [-0.2, 0) is 13.1 Å². The molecular formula is C9H18N4S. The zero-order valence-electron chi connectivity index (χ0n) is 9.03. The summed E-state index contributed by atoms with van der Waals surface area (Å²) in [6.07, 6.45) is 3.72. The highest BCUT2D eigenvalue weighted by Gasteiger charge is 2.03. The molecule has 0 aliphatic carbocycles. The third-order valence-corrected chi connectivity index (χ3v) is 2.46. The molecule has 0 saturated heterocycles. The maximum Gasteiger partial charge on any atom is 0.140 e. The van der Waals surface area contributed by atoms with Gasteiger partial charge in [0.15, 0.2) is 0 Å². The summed E-state index contributed by atoms with van der Waals surface area (Å²) in [6, 6.07) is 0.487. The van der Waals surface area contributed by atoms with E-state index in [1.54, 1.807) is 6.33 Å². The summed E-state index contributed by atoms with van der Waals surface area (Å²) in [4.78, 5) is 4.22. The SMILES string of the molecule is CSCCn1ncnc1CNC(C)C. The fourth-order valence-corrected chi connectivity index (χ4v) is 1.44. The molecule has 0 aromatic carbocycles. The first-order valence-corrected chi connectivity index (χ1v) is 6.22. The van der Waals surface area contributed by atoms with Crippen LogP contribution in [0.5, 0.6) is 0 Å². The van der Waals surface area contributed by atoms with Gasteiger partial charge in [-0.15, -0.1) is 0 Å². The molecule has 1 rings (SSSR count). The summed E-state index contributed by atoms with van der Waals surface area (Å²) in [6.45, 7) is 5.99. The molecular weight excluding hydrogens is 196 g/mol. The highest BCUT2D eigenvalue weighted by atomic mass is 32.2. The topological polar surface area (TPSA) is 42.7 Å². The summed E-state index contributed by atoms with van der Waals surface area (Å²) in [5, 5.41) is 7.52. The molecule has 0 amide bonds. The average molecular weight is 214 g/mol. The largest absolute Gasteiger partial charge is 0.308 e. The summed E-state index contributed by atoms with van der Waals surface area (Å²) in [5.41, 5.74) is 0. The standard InChI is InChI=1S/C9H18N4S/c1-8(2)10-6-9-11-7-12-13(9)4-5-14-3/h7-8,10H,4-6H2,1-3H3. The van der Waals surface area contributed by atoms with Crippen molar-refractivity contribution in [1.82, 2.24) is 20.1 Å². The first-order chi connectivity index (χ1) is 6.74. The molecule has 0 spiro atoms. The van der Waals surface area contributed by atoms with Crippen LogP contribution in [0.25, 0.3) is 0 Å². The van der Waals surface area contributed by atoms with E-state index in [4.69, 9.17) is 0 Å². The van der Waals surface area contributed by atoms with Gasteiger partial charge >= 0.3 is 0 Å². The van der Waals surface area contributed by atoms with Crippen molar-refractivity contribution in [2.45, 2.75) is 33.0 Å². The van der Waals surface area contributed by atoms with Gasteiger partial charge in [-0.3, -0.25) is 0 Å². The van der Waals surface area contributed by atoms with E-state index in [0.717, 1.165) is 24.7 Å². The maximum absolute atomic E-state index is 4.22. The Bertz CT molecular complexity index is 259. The number of nitrogens with zero attached hydrogens (tertiary/aromatic N) is 3. The molecule has 0 saturated carbocycles. The molecule has 5 heteroatoms. The molecule has 0 aliphatic rings. The first kappa shape index (κ1) is 11.5. The zero-order valence-corrected chi connectivity index (χ0v) is 9.84. The molecule has 0 bridgehead atoms. The van der Waals surface area contributed by atoms with E-state index in [-0.39, 0.29) is 0 Å². The fourth-order valence-electron chi connectivity index (χ4n) is 1.08. The van der Waals surface area contributed by atoms with E-state index in [1.807, 2.05) is 16.4 Å². The van der Waals surface area contributed by atoms with Gasteiger partial charge in [0, 0.05) is 11.8 Å². The number of rotatable bonds is 6. The monoisotopic (exact) mass is 214 g/mol. The number of thioether (sulfide) groups is 1. The molecule has 0 radical (unpaired) electrons. The predicted octanol–water partition coefficient (Wildman–Crippen LogP) is 1.14. The van der Waals surface area contributed by atoms with Gasteiger partial charge in [-0.1, -0.05) is 13.8 Å².